The minimum absolute atomic E-state index is 0.379. The summed E-state index contributed by atoms with van der Waals surface area (Å²) in [4.78, 5) is 4.34. The number of hydrogen-bond acceptors (Lipinski definition) is 3. The molecule has 1 aromatic rings. The molecular formula is C17H30N2O. The number of hydrogen-bond donors (Lipinski definition) is 1. The molecule has 1 rings (SSSR count). The third-order valence-corrected chi connectivity index (χ3v) is 3.75. The summed E-state index contributed by atoms with van der Waals surface area (Å²) >= 11 is 0. The number of unbranched alkanes of at least 4 members (excludes halogenated alkanes) is 1. The lowest BCUT2D eigenvalue weighted by Crippen LogP contribution is -2.28. The molecule has 3 nitrogen and oxygen atoms in total. The molecule has 0 spiro atoms. The number of nitrogens with one attached hydrogen (secondary N) is 1. The van der Waals surface area contributed by atoms with E-state index in [0.29, 0.717) is 18.6 Å². The zero-order valence-electron chi connectivity index (χ0n) is 13.5. The van der Waals surface area contributed by atoms with E-state index >= 15 is 0 Å². The quantitative estimate of drug-likeness (QED) is 0.691. The van der Waals surface area contributed by atoms with Crippen molar-refractivity contribution in [3.63, 3.8) is 0 Å². The SMILES string of the molecule is CCCCC(CC)C(NCC)c1cncc(OCC)c1. The molecule has 0 radical (unpaired) electrons. The molecule has 1 aromatic heterocycles. The van der Waals surface area contributed by atoms with E-state index in [0.717, 1.165) is 12.3 Å². The minimum Gasteiger partial charge on any atom is -0.492 e. The van der Waals surface area contributed by atoms with Gasteiger partial charge in [-0.05, 0) is 37.4 Å². The van der Waals surface area contributed by atoms with Gasteiger partial charge in [-0.3, -0.25) is 4.98 Å². The Bertz CT molecular complexity index is 368. The van der Waals surface area contributed by atoms with Crippen LogP contribution in [0.1, 0.15) is 65.0 Å². The van der Waals surface area contributed by atoms with Crippen LogP contribution in [0.5, 0.6) is 5.75 Å². The molecule has 2 atom stereocenters. The lowest BCUT2D eigenvalue weighted by atomic mass is 9.87. The fraction of sp³-hybridized carbons (Fsp3) is 0.706. The first-order valence-electron chi connectivity index (χ1n) is 8.07. The molecule has 0 saturated heterocycles. The van der Waals surface area contributed by atoms with Gasteiger partial charge in [0, 0.05) is 12.2 Å². The molecule has 0 fully saturated rings. The molecule has 3 heteroatoms. The van der Waals surface area contributed by atoms with Crippen LogP contribution in [0, 0.1) is 5.92 Å². The first-order chi connectivity index (χ1) is 9.76. The maximum absolute atomic E-state index is 5.58. The van der Waals surface area contributed by atoms with Gasteiger partial charge in [0.25, 0.3) is 0 Å². The van der Waals surface area contributed by atoms with Crippen molar-refractivity contribution in [3.05, 3.63) is 24.0 Å². The summed E-state index contributed by atoms with van der Waals surface area (Å²) in [5.41, 5.74) is 1.25. The van der Waals surface area contributed by atoms with Crippen molar-refractivity contribution in [2.24, 2.45) is 5.92 Å². The number of ether oxygens (including phenoxy) is 1. The van der Waals surface area contributed by atoms with Crippen LogP contribution in [0.3, 0.4) is 0 Å². The van der Waals surface area contributed by atoms with Crippen LogP contribution >= 0.6 is 0 Å². The largest absolute Gasteiger partial charge is 0.492 e. The van der Waals surface area contributed by atoms with Gasteiger partial charge in [-0.25, -0.2) is 0 Å². The Morgan fingerprint density at radius 1 is 1.20 bits per heavy atom. The van der Waals surface area contributed by atoms with Crippen LogP contribution in [-0.2, 0) is 0 Å². The average molecular weight is 278 g/mol. The van der Waals surface area contributed by atoms with Gasteiger partial charge in [-0.2, -0.15) is 0 Å². The van der Waals surface area contributed by atoms with Gasteiger partial charge in [0.15, 0.2) is 0 Å². The summed E-state index contributed by atoms with van der Waals surface area (Å²) in [6.07, 6.45) is 8.78. The summed E-state index contributed by atoms with van der Waals surface area (Å²) in [7, 11) is 0. The summed E-state index contributed by atoms with van der Waals surface area (Å²) in [5.74, 6) is 1.53. The van der Waals surface area contributed by atoms with Gasteiger partial charge in [-0.1, -0.05) is 40.0 Å². The third-order valence-electron chi connectivity index (χ3n) is 3.75. The van der Waals surface area contributed by atoms with Crippen molar-refractivity contribution in [2.45, 2.75) is 59.4 Å². The number of rotatable bonds is 10. The molecule has 0 saturated carbocycles. The first kappa shape index (κ1) is 17.0. The molecule has 0 amide bonds. The summed E-state index contributed by atoms with van der Waals surface area (Å²) < 4.78 is 5.58. The number of pyridine rings is 1. The van der Waals surface area contributed by atoms with Crippen LogP contribution < -0.4 is 10.1 Å². The first-order valence-corrected chi connectivity index (χ1v) is 8.07. The van der Waals surface area contributed by atoms with Crippen molar-refractivity contribution >= 4 is 0 Å². The molecule has 2 unspecified atom stereocenters. The highest BCUT2D eigenvalue weighted by Gasteiger charge is 2.21. The Hall–Kier alpha value is -1.09. The highest BCUT2D eigenvalue weighted by atomic mass is 16.5. The Morgan fingerprint density at radius 2 is 2.00 bits per heavy atom. The van der Waals surface area contributed by atoms with Crippen LogP contribution in [0.15, 0.2) is 18.5 Å². The van der Waals surface area contributed by atoms with E-state index in [1.165, 1.54) is 31.2 Å². The molecule has 0 aromatic carbocycles. The summed E-state index contributed by atoms with van der Waals surface area (Å²) in [6.45, 7) is 10.4. The Labute approximate surface area is 124 Å². The van der Waals surface area contributed by atoms with E-state index in [4.69, 9.17) is 4.74 Å². The van der Waals surface area contributed by atoms with Gasteiger partial charge in [0.1, 0.15) is 5.75 Å². The molecule has 20 heavy (non-hydrogen) atoms. The highest BCUT2D eigenvalue weighted by Crippen LogP contribution is 2.30. The second kappa shape index (κ2) is 9.76. The Morgan fingerprint density at radius 3 is 2.60 bits per heavy atom. The van der Waals surface area contributed by atoms with Crippen LogP contribution in [0.2, 0.25) is 0 Å². The van der Waals surface area contributed by atoms with Gasteiger partial charge in [0.2, 0.25) is 0 Å². The lowest BCUT2D eigenvalue weighted by Gasteiger charge is -2.27. The fourth-order valence-corrected chi connectivity index (χ4v) is 2.70. The van der Waals surface area contributed by atoms with Crippen LogP contribution in [-0.4, -0.2) is 18.1 Å². The maximum atomic E-state index is 5.58. The molecule has 0 aliphatic carbocycles. The van der Waals surface area contributed by atoms with Gasteiger partial charge in [-0.15, -0.1) is 0 Å². The van der Waals surface area contributed by atoms with E-state index in [2.05, 4.69) is 37.1 Å². The normalized spacial score (nSPS) is 14.0. The predicted octanol–water partition coefficient (Wildman–Crippen LogP) is 4.35. The van der Waals surface area contributed by atoms with Crippen LogP contribution in [0.4, 0.5) is 0 Å². The summed E-state index contributed by atoms with van der Waals surface area (Å²) in [5, 5.41) is 3.63. The van der Waals surface area contributed by atoms with Gasteiger partial charge < -0.3 is 10.1 Å². The lowest BCUT2D eigenvalue weighted by molar-refractivity contribution is 0.320. The number of nitrogens with zero attached hydrogens (tertiary/aromatic N) is 1. The Kier molecular flexibility index (Phi) is 8.28. The van der Waals surface area contributed by atoms with E-state index < -0.39 is 0 Å². The van der Waals surface area contributed by atoms with E-state index in [9.17, 15) is 0 Å². The third kappa shape index (κ3) is 5.12. The van der Waals surface area contributed by atoms with E-state index in [1.807, 2.05) is 13.1 Å². The van der Waals surface area contributed by atoms with Crippen molar-refractivity contribution in [1.82, 2.24) is 10.3 Å². The predicted molar refractivity (Wildman–Crippen MR) is 85.1 cm³/mol. The minimum atomic E-state index is 0.379. The van der Waals surface area contributed by atoms with Crippen LogP contribution in [0.25, 0.3) is 0 Å². The second-order valence-electron chi connectivity index (χ2n) is 5.23. The number of aromatic nitrogens is 1. The molecular weight excluding hydrogens is 248 g/mol. The molecule has 0 aliphatic rings. The zero-order valence-corrected chi connectivity index (χ0v) is 13.5. The Balaban J connectivity index is 2.89. The standard InChI is InChI=1S/C17H30N2O/c1-5-9-10-14(6-2)17(19-7-3)15-11-16(20-8-4)13-18-12-15/h11-14,17,19H,5-10H2,1-4H3. The summed E-state index contributed by atoms with van der Waals surface area (Å²) in [6, 6.07) is 2.52. The zero-order chi connectivity index (χ0) is 14.8. The highest BCUT2D eigenvalue weighted by molar-refractivity contribution is 5.26. The maximum Gasteiger partial charge on any atom is 0.137 e. The smallest absolute Gasteiger partial charge is 0.137 e. The van der Waals surface area contributed by atoms with E-state index in [1.54, 1.807) is 6.20 Å². The molecule has 0 bridgehead atoms. The second-order valence-corrected chi connectivity index (χ2v) is 5.23. The molecule has 1 heterocycles. The molecule has 0 aliphatic heterocycles. The monoisotopic (exact) mass is 278 g/mol. The van der Waals surface area contributed by atoms with Gasteiger partial charge in [0.05, 0.1) is 12.8 Å². The molecule has 1 N–H and O–H groups in total. The van der Waals surface area contributed by atoms with E-state index in [-0.39, 0.29) is 0 Å². The van der Waals surface area contributed by atoms with Crippen molar-refractivity contribution in [3.8, 4) is 5.75 Å². The average Bonchev–Trinajstić information content (AvgIpc) is 2.47. The molecule has 114 valence electrons. The fourth-order valence-electron chi connectivity index (χ4n) is 2.70. The van der Waals surface area contributed by atoms with Crippen molar-refractivity contribution < 1.29 is 4.74 Å². The topological polar surface area (TPSA) is 34.2 Å². The van der Waals surface area contributed by atoms with Gasteiger partial charge >= 0.3 is 0 Å². The van der Waals surface area contributed by atoms with Crippen molar-refractivity contribution in [2.75, 3.05) is 13.2 Å². The van der Waals surface area contributed by atoms with Crippen molar-refractivity contribution in [1.29, 1.82) is 0 Å².